The van der Waals surface area contributed by atoms with Gasteiger partial charge in [0.25, 0.3) is 11.8 Å². The topological polar surface area (TPSA) is 113 Å². The van der Waals surface area contributed by atoms with Crippen LogP contribution in [0.3, 0.4) is 0 Å². The maximum atomic E-state index is 12.5. The summed E-state index contributed by atoms with van der Waals surface area (Å²) < 4.78 is 5.13. The highest BCUT2D eigenvalue weighted by Gasteiger charge is 2.23. The van der Waals surface area contributed by atoms with Crippen LogP contribution < -0.4 is 10.6 Å². The number of benzene rings is 1. The van der Waals surface area contributed by atoms with Gasteiger partial charge in [-0.05, 0) is 33.3 Å². The van der Waals surface area contributed by atoms with Crippen molar-refractivity contribution in [3.8, 4) is 0 Å². The van der Waals surface area contributed by atoms with Crippen LogP contribution in [-0.4, -0.2) is 39.9 Å². The number of hydrogen-bond donors (Lipinski definition) is 3. The van der Waals surface area contributed by atoms with Crippen LogP contribution in [0.25, 0.3) is 0 Å². The summed E-state index contributed by atoms with van der Waals surface area (Å²) in [6, 6.07) is 9.17. The number of imidazole rings is 1. The minimum atomic E-state index is -0.644. The lowest BCUT2D eigenvalue weighted by Crippen LogP contribution is -2.36. The Kier molecular flexibility index (Phi) is 6.33. The molecule has 0 aliphatic carbocycles. The quantitative estimate of drug-likeness (QED) is 0.671. The molecule has 1 aromatic heterocycles. The molecule has 2 rings (SSSR count). The molecule has 1 atom stereocenters. The molecule has 0 unspecified atom stereocenters. The SMILES string of the molecule is C[C@@H](NC(=O)c1nc[nH]c1C(=O)NCC(=O)OC(C)(C)C)c1ccccc1. The van der Waals surface area contributed by atoms with Gasteiger partial charge in [-0.15, -0.1) is 0 Å². The van der Waals surface area contributed by atoms with Crippen molar-refractivity contribution in [3.05, 3.63) is 53.6 Å². The first-order valence-corrected chi connectivity index (χ1v) is 8.56. The van der Waals surface area contributed by atoms with Gasteiger partial charge in [0.2, 0.25) is 0 Å². The predicted octanol–water partition coefficient (Wildman–Crippen LogP) is 1.97. The summed E-state index contributed by atoms with van der Waals surface area (Å²) in [5.74, 6) is -1.68. The fourth-order valence-corrected chi connectivity index (χ4v) is 2.35. The van der Waals surface area contributed by atoms with Crippen LogP contribution in [0.2, 0.25) is 0 Å². The zero-order valence-corrected chi connectivity index (χ0v) is 15.8. The second-order valence-corrected chi connectivity index (χ2v) is 7.00. The van der Waals surface area contributed by atoms with Crippen LogP contribution in [-0.2, 0) is 9.53 Å². The average Bonchev–Trinajstić information content (AvgIpc) is 3.09. The molecule has 8 heteroatoms. The summed E-state index contributed by atoms with van der Waals surface area (Å²) in [7, 11) is 0. The summed E-state index contributed by atoms with van der Waals surface area (Å²) in [5.41, 5.74) is 0.224. The van der Waals surface area contributed by atoms with Crippen molar-refractivity contribution in [3.63, 3.8) is 0 Å². The van der Waals surface area contributed by atoms with E-state index in [1.165, 1.54) is 6.33 Å². The van der Waals surface area contributed by atoms with Gasteiger partial charge in [0, 0.05) is 0 Å². The molecular weight excluding hydrogens is 348 g/mol. The molecule has 1 aromatic carbocycles. The Bertz CT molecular complexity index is 809. The lowest BCUT2D eigenvalue weighted by atomic mass is 10.1. The molecule has 2 amide bonds. The number of hydrogen-bond acceptors (Lipinski definition) is 5. The third-order valence-corrected chi connectivity index (χ3v) is 3.54. The molecule has 1 heterocycles. The van der Waals surface area contributed by atoms with Gasteiger partial charge in [-0.3, -0.25) is 14.4 Å². The van der Waals surface area contributed by atoms with E-state index in [-0.39, 0.29) is 24.0 Å². The van der Waals surface area contributed by atoms with Gasteiger partial charge >= 0.3 is 5.97 Å². The van der Waals surface area contributed by atoms with E-state index in [2.05, 4.69) is 20.6 Å². The summed E-state index contributed by atoms with van der Waals surface area (Å²) in [4.78, 5) is 43.0. The number of nitrogens with one attached hydrogen (secondary N) is 3. The molecule has 0 aliphatic heterocycles. The summed E-state index contributed by atoms with van der Waals surface area (Å²) in [6.07, 6.45) is 1.25. The number of H-pyrrole nitrogens is 1. The first kappa shape index (κ1) is 20.2. The van der Waals surface area contributed by atoms with Gasteiger partial charge < -0.3 is 20.4 Å². The monoisotopic (exact) mass is 372 g/mol. The molecule has 3 N–H and O–H groups in total. The Hall–Kier alpha value is -3.16. The Morgan fingerprint density at radius 2 is 1.81 bits per heavy atom. The molecular formula is C19H24N4O4. The van der Waals surface area contributed by atoms with Gasteiger partial charge in [-0.1, -0.05) is 30.3 Å². The van der Waals surface area contributed by atoms with E-state index >= 15 is 0 Å². The number of nitrogens with zero attached hydrogens (tertiary/aromatic N) is 1. The maximum Gasteiger partial charge on any atom is 0.325 e. The van der Waals surface area contributed by atoms with Crippen molar-refractivity contribution in [2.45, 2.75) is 39.3 Å². The number of aromatic nitrogens is 2. The molecule has 0 saturated heterocycles. The second kappa shape index (κ2) is 8.48. The smallest absolute Gasteiger partial charge is 0.325 e. The first-order chi connectivity index (χ1) is 12.7. The Morgan fingerprint density at radius 3 is 2.44 bits per heavy atom. The van der Waals surface area contributed by atoms with E-state index < -0.39 is 23.4 Å². The van der Waals surface area contributed by atoms with E-state index in [0.29, 0.717) is 0 Å². The van der Waals surface area contributed by atoms with Gasteiger partial charge in [0.15, 0.2) is 5.69 Å². The molecule has 0 bridgehead atoms. The standard InChI is InChI=1S/C19H24N4O4/c1-12(13-8-6-5-7-9-13)23-18(26)16-15(21-11-22-16)17(25)20-10-14(24)27-19(2,3)4/h5-9,11-12H,10H2,1-4H3,(H,20,25)(H,21,22)(H,23,26)/t12-/m1/s1. The second-order valence-electron chi connectivity index (χ2n) is 7.00. The Balaban J connectivity index is 1.99. The molecule has 27 heavy (non-hydrogen) atoms. The van der Waals surface area contributed by atoms with Crippen molar-refractivity contribution in [1.82, 2.24) is 20.6 Å². The highest BCUT2D eigenvalue weighted by Crippen LogP contribution is 2.13. The molecule has 0 saturated carbocycles. The summed E-state index contributed by atoms with van der Waals surface area (Å²) >= 11 is 0. The highest BCUT2D eigenvalue weighted by atomic mass is 16.6. The van der Waals surface area contributed by atoms with E-state index in [0.717, 1.165) is 5.56 Å². The number of carbonyl (C=O) groups is 3. The fraction of sp³-hybridized carbons (Fsp3) is 0.368. The third-order valence-electron chi connectivity index (χ3n) is 3.54. The molecule has 0 radical (unpaired) electrons. The number of aromatic amines is 1. The van der Waals surface area contributed by atoms with Crippen molar-refractivity contribution in [2.24, 2.45) is 0 Å². The minimum absolute atomic E-state index is 0.0173. The van der Waals surface area contributed by atoms with Crippen LogP contribution in [0, 0.1) is 0 Å². The number of carbonyl (C=O) groups excluding carboxylic acids is 3. The van der Waals surface area contributed by atoms with E-state index in [9.17, 15) is 14.4 Å². The largest absolute Gasteiger partial charge is 0.459 e. The fourth-order valence-electron chi connectivity index (χ4n) is 2.35. The molecule has 8 nitrogen and oxygen atoms in total. The predicted molar refractivity (Wildman–Crippen MR) is 99.1 cm³/mol. The lowest BCUT2D eigenvalue weighted by molar-refractivity contribution is -0.153. The first-order valence-electron chi connectivity index (χ1n) is 8.56. The highest BCUT2D eigenvalue weighted by molar-refractivity contribution is 6.05. The van der Waals surface area contributed by atoms with Crippen LogP contribution in [0.15, 0.2) is 36.7 Å². The van der Waals surface area contributed by atoms with E-state index in [1.807, 2.05) is 37.3 Å². The summed E-state index contributed by atoms with van der Waals surface area (Å²) in [6.45, 7) is 6.73. The average molecular weight is 372 g/mol. The number of ether oxygens (including phenoxy) is 1. The van der Waals surface area contributed by atoms with E-state index in [4.69, 9.17) is 4.74 Å². The van der Waals surface area contributed by atoms with Gasteiger partial charge in [0.1, 0.15) is 17.8 Å². The number of esters is 1. The number of rotatable bonds is 6. The lowest BCUT2D eigenvalue weighted by Gasteiger charge is -2.19. The Morgan fingerprint density at radius 1 is 1.15 bits per heavy atom. The van der Waals surface area contributed by atoms with Gasteiger partial charge in [-0.2, -0.15) is 0 Å². The van der Waals surface area contributed by atoms with Crippen molar-refractivity contribution in [1.29, 1.82) is 0 Å². The third kappa shape index (κ3) is 5.95. The zero-order valence-electron chi connectivity index (χ0n) is 15.8. The van der Waals surface area contributed by atoms with Crippen molar-refractivity contribution < 1.29 is 19.1 Å². The molecule has 0 spiro atoms. The maximum absolute atomic E-state index is 12.5. The van der Waals surface area contributed by atoms with Gasteiger partial charge in [-0.25, -0.2) is 4.98 Å². The molecule has 2 aromatic rings. The van der Waals surface area contributed by atoms with Crippen LogP contribution in [0.4, 0.5) is 0 Å². The van der Waals surface area contributed by atoms with Crippen molar-refractivity contribution >= 4 is 17.8 Å². The number of amides is 2. The zero-order chi connectivity index (χ0) is 20.0. The molecule has 0 aliphatic rings. The molecule has 144 valence electrons. The van der Waals surface area contributed by atoms with Crippen LogP contribution in [0.5, 0.6) is 0 Å². The van der Waals surface area contributed by atoms with E-state index in [1.54, 1.807) is 20.8 Å². The van der Waals surface area contributed by atoms with Gasteiger partial charge in [0.05, 0.1) is 12.4 Å². The summed E-state index contributed by atoms with van der Waals surface area (Å²) in [5, 5.41) is 5.22. The van der Waals surface area contributed by atoms with Crippen LogP contribution in [0.1, 0.15) is 60.3 Å². The normalized spacial score (nSPS) is 12.1. The molecule has 0 fully saturated rings. The van der Waals surface area contributed by atoms with Crippen molar-refractivity contribution in [2.75, 3.05) is 6.54 Å². The Labute approximate surface area is 157 Å². The minimum Gasteiger partial charge on any atom is -0.459 e. The van der Waals surface area contributed by atoms with Crippen LogP contribution >= 0.6 is 0 Å².